The van der Waals surface area contributed by atoms with Crippen molar-refractivity contribution in [3.63, 3.8) is 0 Å². The van der Waals surface area contributed by atoms with E-state index in [2.05, 4.69) is 0 Å². The van der Waals surface area contributed by atoms with E-state index in [0.29, 0.717) is 24.3 Å². The first-order valence-electron chi connectivity index (χ1n) is 9.07. The summed E-state index contributed by atoms with van der Waals surface area (Å²) in [6, 6.07) is 12.1. The van der Waals surface area contributed by atoms with Gasteiger partial charge in [-0.15, -0.1) is 0 Å². The summed E-state index contributed by atoms with van der Waals surface area (Å²) in [5.41, 5.74) is 1.38. The van der Waals surface area contributed by atoms with Crippen LogP contribution in [0.2, 0.25) is 0 Å². The van der Waals surface area contributed by atoms with Crippen LogP contribution in [0.15, 0.2) is 53.4 Å². The molecule has 0 spiro atoms. The van der Waals surface area contributed by atoms with Crippen molar-refractivity contribution in [1.29, 1.82) is 0 Å². The predicted octanol–water partition coefficient (Wildman–Crippen LogP) is 2.22. The van der Waals surface area contributed by atoms with Crippen LogP contribution in [0.4, 0.5) is 4.39 Å². The van der Waals surface area contributed by atoms with Gasteiger partial charge in [0.1, 0.15) is 5.82 Å². The number of benzene rings is 2. The summed E-state index contributed by atoms with van der Waals surface area (Å²) >= 11 is 0. The molecule has 150 valence electrons. The fourth-order valence-corrected chi connectivity index (χ4v) is 3.74. The molecule has 1 heterocycles. The van der Waals surface area contributed by atoms with Crippen molar-refractivity contribution >= 4 is 15.9 Å². The van der Waals surface area contributed by atoms with Crippen LogP contribution in [-0.2, 0) is 32.5 Å². The zero-order valence-corrected chi connectivity index (χ0v) is 16.2. The smallest absolute Gasteiger partial charge is 0.238 e. The van der Waals surface area contributed by atoms with Crippen molar-refractivity contribution < 1.29 is 22.3 Å². The summed E-state index contributed by atoms with van der Waals surface area (Å²) in [6.07, 6.45) is 1.92. The number of hydrogen-bond acceptors (Lipinski definition) is 4. The second-order valence-corrected chi connectivity index (χ2v) is 8.47. The minimum absolute atomic E-state index is 0.000304. The Hall–Kier alpha value is -2.29. The maximum absolute atomic E-state index is 13.5. The molecule has 1 unspecified atom stereocenters. The minimum Gasteiger partial charge on any atom is -0.376 e. The molecule has 0 aromatic heterocycles. The van der Waals surface area contributed by atoms with E-state index >= 15 is 0 Å². The highest BCUT2D eigenvalue weighted by Crippen LogP contribution is 2.17. The Morgan fingerprint density at radius 1 is 1.18 bits per heavy atom. The van der Waals surface area contributed by atoms with Crippen molar-refractivity contribution in [3.8, 4) is 0 Å². The van der Waals surface area contributed by atoms with Gasteiger partial charge in [-0.05, 0) is 48.2 Å². The molecular formula is C20H23FN2O4S. The number of amides is 1. The molecule has 0 bridgehead atoms. The van der Waals surface area contributed by atoms with E-state index in [1.54, 1.807) is 29.2 Å². The van der Waals surface area contributed by atoms with Crippen molar-refractivity contribution in [2.24, 2.45) is 5.14 Å². The third-order valence-electron chi connectivity index (χ3n) is 4.67. The fraction of sp³-hybridized carbons (Fsp3) is 0.350. The van der Waals surface area contributed by atoms with Crippen LogP contribution in [-0.4, -0.2) is 38.5 Å². The van der Waals surface area contributed by atoms with Gasteiger partial charge in [-0.1, -0.05) is 24.3 Å². The highest BCUT2D eigenvalue weighted by molar-refractivity contribution is 7.89. The van der Waals surface area contributed by atoms with Gasteiger partial charge in [0, 0.05) is 19.7 Å². The SMILES string of the molecule is NS(=O)(=O)c1ccc(CC(=O)N(Cc2cccc(F)c2)CC2CCCO2)cc1. The van der Waals surface area contributed by atoms with Gasteiger partial charge in [-0.2, -0.15) is 0 Å². The summed E-state index contributed by atoms with van der Waals surface area (Å²) in [5.74, 6) is -0.483. The number of nitrogens with zero attached hydrogens (tertiary/aromatic N) is 1. The molecule has 1 fully saturated rings. The second kappa shape index (κ2) is 8.81. The summed E-state index contributed by atoms with van der Waals surface area (Å²) in [6.45, 7) is 1.40. The standard InChI is InChI=1S/C20H23FN2O4S/c21-17-4-1-3-16(11-17)13-23(14-18-5-2-10-27-18)20(24)12-15-6-8-19(9-7-15)28(22,25)26/h1,3-4,6-9,11,18H,2,5,10,12-14H2,(H2,22,25,26). The predicted molar refractivity (Wildman–Crippen MR) is 102 cm³/mol. The Kier molecular flexibility index (Phi) is 6.43. The van der Waals surface area contributed by atoms with Gasteiger partial charge in [0.05, 0.1) is 17.4 Å². The number of primary sulfonamides is 1. The highest BCUT2D eigenvalue weighted by Gasteiger charge is 2.23. The summed E-state index contributed by atoms with van der Waals surface area (Å²) in [7, 11) is -3.77. The number of ether oxygens (including phenoxy) is 1. The number of nitrogens with two attached hydrogens (primary N) is 1. The first kappa shape index (κ1) is 20.4. The lowest BCUT2D eigenvalue weighted by Crippen LogP contribution is -2.37. The monoisotopic (exact) mass is 406 g/mol. The van der Waals surface area contributed by atoms with Crippen LogP contribution in [0.3, 0.4) is 0 Å². The number of halogens is 1. The Labute approximate surface area is 164 Å². The van der Waals surface area contributed by atoms with Gasteiger partial charge >= 0.3 is 0 Å². The van der Waals surface area contributed by atoms with E-state index < -0.39 is 10.0 Å². The number of hydrogen-bond donors (Lipinski definition) is 1. The van der Waals surface area contributed by atoms with Gasteiger partial charge in [0.25, 0.3) is 0 Å². The first-order chi connectivity index (χ1) is 13.3. The van der Waals surface area contributed by atoms with Crippen LogP contribution >= 0.6 is 0 Å². The van der Waals surface area contributed by atoms with E-state index in [1.807, 2.05) is 0 Å². The van der Waals surface area contributed by atoms with Crippen molar-refractivity contribution in [1.82, 2.24) is 4.90 Å². The molecule has 0 saturated carbocycles. The van der Waals surface area contributed by atoms with Crippen molar-refractivity contribution in [2.75, 3.05) is 13.2 Å². The van der Waals surface area contributed by atoms with Gasteiger partial charge in [-0.3, -0.25) is 4.79 Å². The molecule has 2 aromatic carbocycles. The molecule has 0 radical (unpaired) electrons. The molecule has 1 saturated heterocycles. The number of rotatable bonds is 7. The second-order valence-electron chi connectivity index (χ2n) is 6.90. The number of carbonyl (C=O) groups is 1. The lowest BCUT2D eigenvalue weighted by molar-refractivity contribution is -0.132. The molecule has 3 rings (SSSR count). The quantitative estimate of drug-likeness (QED) is 0.764. The molecule has 1 atom stereocenters. The molecule has 2 aromatic rings. The Bertz CT molecular complexity index is 925. The van der Waals surface area contributed by atoms with Crippen molar-refractivity contribution in [3.05, 3.63) is 65.5 Å². The average Bonchev–Trinajstić information content (AvgIpc) is 3.14. The molecular weight excluding hydrogens is 383 g/mol. The third kappa shape index (κ3) is 5.60. The van der Waals surface area contributed by atoms with Gasteiger partial charge in [0.15, 0.2) is 0 Å². The van der Waals surface area contributed by atoms with Crippen LogP contribution in [0, 0.1) is 5.82 Å². The first-order valence-corrected chi connectivity index (χ1v) is 10.6. The Morgan fingerprint density at radius 2 is 1.93 bits per heavy atom. The fourth-order valence-electron chi connectivity index (χ4n) is 3.23. The molecule has 1 amide bonds. The maximum atomic E-state index is 13.5. The molecule has 6 nitrogen and oxygen atoms in total. The van der Waals surface area contributed by atoms with Crippen LogP contribution in [0.1, 0.15) is 24.0 Å². The lowest BCUT2D eigenvalue weighted by atomic mass is 10.1. The Morgan fingerprint density at radius 3 is 2.54 bits per heavy atom. The third-order valence-corrected chi connectivity index (χ3v) is 5.60. The number of carbonyl (C=O) groups excluding carboxylic acids is 1. The molecule has 2 N–H and O–H groups in total. The average molecular weight is 406 g/mol. The number of sulfonamides is 1. The molecule has 8 heteroatoms. The maximum Gasteiger partial charge on any atom is 0.238 e. The molecule has 1 aliphatic heterocycles. The topological polar surface area (TPSA) is 89.7 Å². The van der Waals surface area contributed by atoms with E-state index in [-0.39, 0.29) is 35.7 Å². The van der Waals surface area contributed by atoms with Crippen LogP contribution in [0.5, 0.6) is 0 Å². The molecule has 1 aliphatic rings. The van der Waals surface area contributed by atoms with Gasteiger partial charge in [-0.25, -0.2) is 17.9 Å². The summed E-state index contributed by atoms with van der Waals surface area (Å²) < 4.78 is 41.9. The van der Waals surface area contributed by atoms with Crippen LogP contribution < -0.4 is 5.14 Å². The molecule has 28 heavy (non-hydrogen) atoms. The minimum atomic E-state index is -3.77. The molecule has 0 aliphatic carbocycles. The summed E-state index contributed by atoms with van der Waals surface area (Å²) in [5, 5.41) is 5.10. The van der Waals surface area contributed by atoms with E-state index in [1.165, 1.54) is 24.3 Å². The highest BCUT2D eigenvalue weighted by atomic mass is 32.2. The summed E-state index contributed by atoms with van der Waals surface area (Å²) in [4.78, 5) is 14.6. The van der Waals surface area contributed by atoms with E-state index in [9.17, 15) is 17.6 Å². The van der Waals surface area contributed by atoms with E-state index in [0.717, 1.165) is 12.8 Å². The normalized spacial score (nSPS) is 16.9. The lowest BCUT2D eigenvalue weighted by Gasteiger charge is -2.26. The largest absolute Gasteiger partial charge is 0.376 e. The van der Waals surface area contributed by atoms with Crippen molar-refractivity contribution in [2.45, 2.75) is 36.8 Å². The van der Waals surface area contributed by atoms with Gasteiger partial charge < -0.3 is 9.64 Å². The van der Waals surface area contributed by atoms with Gasteiger partial charge in [0.2, 0.25) is 15.9 Å². The zero-order valence-electron chi connectivity index (χ0n) is 15.4. The van der Waals surface area contributed by atoms with Crippen LogP contribution in [0.25, 0.3) is 0 Å². The van der Waals surface area contributed by atoms with E-state index in [4.69, 9.17) is 9.88 Å². The zero-order chi connectivity index (χ0) is 20.1. The Balaban J connectivity index is 1.73.